The van der Waals surface area contributed by atoms with Crippen LogP contribution >= 0.6 is 0 Å². The summed E-state index contributed by atoms with van der Waals surface area (Å²) in [5, 5.41) is 0. The van der Waals surface area contributed by atoms with Crippen LogP contribution in [0.2, 0.25) is 0 Å². The summed E-state index contributed by atoms with van der Waals surface area (Å²) in [6.07, 6.45) is 4.51. The molecule has 0 N–H and O–H groups in total. The van der Waals surface area contributed by atoms with Crippen molar-refractivity contribution in [3.05, 3.63) is 17.8 Å². The lowest BCUT2D eigenvalue weighted by Crippen LogP contribution is -2.12. The minimum Gasteiger partial charge on any atom is -0.485 e. The Kier molecular flexibility index (Phi) is 2.78. The lowest BCUT2D eigenvalue weighted by atomic mass is 9.88. The van der Waals surface area contributed by atoms with Crippen LogP contribution in [0.5, 0.6) is 11.6 Å². The Morgan fingerprint density at radius 2 is 2.00 bits per heavy atom. The van der Waals surface area contributed by atoms with E-state index in [2.05, 4.69) is 25.8 Å². The maximum absolute atomic E-state index is 5.80. The zero-order chi connectivity index (χ0) is 11.8. The molecule has 1 aliphatic carbocycles. The Bertz CT molecular complexity index is 378. The summed E-state index contributed by atoms with van der Waals surface area (Å²) < 4.78 is 11.0. The van der Waals surface area contributed by atoms with Gasteiger partial charge in [-0.05, 0) is 29.9 Å². The molecule has 1 aromatic heterocycles. The number of hydrogen-bond donors (Lipinski definition) is 0. The number of rotatable bonds is 3. The molecule has 0 amide bonds. The van der Waals surface area contributed by atoms with Gasteiger partial charge in [-0.15, -0.1) is 0 Å². The van der Waals surface area contributed by atoms with Crippen molar-refractivity contribution in [3.63, 3.8) is 0 Å². The van der Waals surface area contributed by atoms with Crippen molar-refractivity contribution in [2.75, 3.05) is 7.11 Å². The molecular formula is C13H19NO2. The highest BCUT2D eigenvalue weighted by Gasteiger charge is 2.26. The van der Waals surface area contributed by atoms with Gasteiger partial charge < -0.3 is 9.47 Å². The first-order chi connectivity index (χ1) is 7.50. The van der Waals surface area contributed by atoms with Crippen molar-refractivity contribution < 1.29 is 9.47 Å². The summed E-state index contributed by atoms with van der Waals surface area (Å²) in [7, 11) is 1.62. The lowest BCUT2D eigenvalue weighted by molar-refractivity contribution is 0.276. The van der Waals surface area contributed by atoms with Gasteiger partial charge in [0.2, 0.25) is 0 Å². The van der Waals surface area contributed by atoms with Gasteiger partial charge in [-0.2, -0.15) is 0 Å². The predicted octanol–water partition coefficient (Wildman–Crippen LogP) is 2.93. The number of aromatic nitrogens is 1. The van der Waals surface area contributed by atoms with E-state index in [-0.39, 0.29) is 5.41 Å². The summed E-state index contributed by atoms with van der Waals surface area (Å²) in [5.41, 5.74) is 1.25. The van der Waals surface area contributed by atoms with E-state index < -0.39 is 0 Å². The molecular weight excluding hydrogens is 202 g/mol. The van der Waals surface area contributed by atoms with E-state index in [1.54, 1.807) is 7.11 Å². The third-order valence-electron chi connectivity index (χ3n) is 2.70. The Hall–Kier alpha value is -1.25. The second kappa shape index (κ2) is 3.96. The van der Waals surface area contributed by atoms with Crippen molar-refractivity contribution in [2.24, 2.45) is 0 Å². The second-order valence-electron chi connectivity index (χ2n) is 5.30. The fraction of sp³-hybridized carbons (Fsp3) is 0.615. The van der Waals surface area contributed by atoms with Gasteiger partial charge in [-0.1, -0.05) is 20.8 Å². The highest BCUT2D eigenvalue weighted by molar-refractivity contribution is 5.39. The van der Waals surface area contributed by atoms with Gasteiger partial charge in [0.1, 0.15) is 0 Å². The summed E-state index contributed by atoms with van der Waals surface area (Å²) >= 11 is 0. The predicted molar refractivity (Wildman–Crippen MR) is 63.1 cm³/mol. The van der Waals surface area contributed by atoms with Crippen molar-refractivity contribution in [2.45, 2.75) is 45.1 Å². The topological polar surface area (TPSA) is 31.4 Å². The monoisotopic (exact) mass is 221 g/mol. The summed E-state index contributed by atoms with van der Waals surface area (Å²) in [6, 6.07) is 2.05. The number of ether oxygens (including phenoxy) is 2. The van der Waals surface area contributed by atoms with Crippen LogP contribution in [0.25, 0.3) is 0 Å². The summed E-state index contributed by atoms with van der Waals surface area (Å²) in [6.45, 7) is 6.49. The first kappa shape index (κ1) is 11.2. The summed E-state index contributed by atoms with van der Waals surface area (Å²) in [5.74, 6) is 1.36. The standard InChI is InChI=1S/C13H19NO2/c1-13(2,3)9-7-11(16-10-5-6-10)12(15-4)14-8-9/h7-8,10H,5-6H2,1-4H3. The van der Waals surface area contributed by atoms with E-state index >= 15 is 0 Å². The molecule has 88 valence electrons. The summed E-state index contributed by atoms with van der Waals surface area (Å²) in [4.78, 5) is 4.30. The first-order valence-corrected chi connectivity index (χ1v) is 5.72. The van der Waals surface area contributed by atoms with E-state index in [0.29, 0.717) is 12.0 Å². The first-order valence-electron chi connectivity index (χ1n) is 5.72. The maximum atomic E-state index is 5.80. The van der Waals surface area contributed by atoms with Crippen LogP contribution in [-0.4, -0.2) is 18.2 Å². The highest BCUT2D eigenvalue weighted by atomic mass is 16.5. The molecule has 2 rings (SSSR count). The van der Waals surface area contributed by atoms with Gasteiger partial charge in [-0.3, -0.25) is 0 Å². The smallest absolute Gasteiger partial charge is 0.256 e. The molecule has 0 radical (unpaired) electrons. The fourth-order valence-electron chi connectivity index (χ4n) is 1.45. The lowest BCUT2D eigenvalue weighted by Gasteiger charge is -2.20. The SMILES string of the molecule is COc1ncc(C(C)(C)C)cc1OC1CC1. The van der Waals surface area contributed by atoms with E-state index in [0.717, 1.165) is 18.6 Å². The normalized spacial score (nSPS) is 16.0. The third kappa shape index (κ3) is 2.46. The molecule has 1 saturated carbocycles. The molecule has 0 atom stereocenters. The molecule has 0 saturated heterocycles. The number of pyridine rings is 1. The van der Waals surface area contributed by atoms with E-state index in [1.807, 2.05) is 12.3 Å². The van der Waals surface area contributed by atoms with Crippen molar-refractivity contribution >= 4 is 0 Å². The Morgan fingerprint density at radius 3 is 2.50 bits per heavy atom. The zero-order valence-electron chi connectivity index (χ0n) is 10.4. The zero-order valence-corrected chi connectivity index (χ0v) is 10.4. The molecule has 3 nitrogen and oxygen atoms in total. The van der Waals surface area contributed by atoms with Crippen LogP contribution in [0.3, 0.4) is 0 Å². The molecule has 1 aromatic rings. The van der Waals surface area contributed by atoms with Crippen LogP contribution in [-0.2, 0) is 5.41 Å². The van der Waals surface area contributed by atoms with Gasteiger partial charge >= 0.3 is 0 Å². The maximum Gasteiger partial charge on any atom is 0.256 e. The Labute approximate surface area is 96.8 Å². The van der Waals surface area contributed by atoms with Gasteiger partial charge in [0, 0.05) is 6.20 Å². The quantitative estimate of drug-likeness (QED) is 0.786. The molecule has 1 fully saturated rings. The van der Waals surface area contributed by atoms with Gasteiger partial charge in [0.15, 0.2) is 5.75 Å². The van der Waals surface area contributed by atoms with Crippen molar-refractivity contribution in [1.29, 1.82) is 0 Å². The number of hydrogen-bond acceptors (Lipinski definition) is 3. The molecule has 0 aliphatic heterocycles. The van der Waals surface area contributed by atoms with Crippen LogP contribution in [0.4, 0.5) is 0 Å². The molecule has 0 spiro atoms. The molecule has 1 heterocycles. The second-order valence-corrected chi connectivity index (χ2v) is 5.30. The van der Waals surface area contributed by atoms with Crippen molar-refractivity contribution in [1.82, 2.24) is 4.98 Å². The van der Waals surface area contributed by atoms with E-state index in [1.165, 1.54) is 5.56 Å². The van der Waals surface area contributed by atoms with Crippen LogP contribution in [0.1, 0.15) is 39.2 Å². The van der Waals surface area contributed by atoms with Crippen molar-refractivity contribution in [3.8, 4) is 11.6 Å². The molecule has 0 unspecified atom stereocenters. The molecule has 3 heteroatoms. The molecule has 1 aliphatic rings. The average molecular weight is 221 g/mol. The number of nitrogens with zero attached hydrogens (tertiary/aromatic N) is 1. The fourth-order valence-corrected chi connectivity index (χ4v) is 1.45. The largest absolute Gasteiger partial charge is 0.485 e. The Morgan fingerprint density at radius 1 is 1.31 bits per heavy atom. The van der Waals surface area contributed by atoms with Gasteiger partial charge in [0.25, 0.3) is 5.88 Å². The highest BCUT2D eigenvalue weighted by Crippen LogP contribution is 2.35. The van der Waals surface area contributed by atoms with Gasteiger partial charge in [0.05, 0.1) is 13.2 Å². The van der Waals surface area contributed by atoms with Crippen LogP contribution in [0, 0.1) is 0 Å². The minimum atomic E-state index is 0.0843. The van der Waals surface area contributed by atoms with Crippen LogP contribution in [0.15, 0.2) is 12.3 Å². The Balaban J connectivity index is 2.29. The minimum absolute atomic E-state index is 0.0843. The molecule has 16 heavy (non-hydrogen) atoms. The number of methoxy groups -OCH3 is 1. The molecule has 0 aromatic carbocycles. The third-order valence-corrected chi connectivity index (χ3v) is 2.70. The van der Waals surface area contributed by atoms with E-state index in [4.69, 9.17) is 9.47 Å². The average Bonchev–Trinajstić information content (AvgIpc) is 3.00. The van der Waals surface area contributed by atoms with Gasteiger partial charge in [-0.25, -0.2) is 4.98 Å². The van der Waals surface area contributed by atoms with Crippen LogP contribution < -0.4 is 9.47 Å². The van der Waals surface area contributed by atoms with E-state index in [9.17, 15) is 0 Å². The molecule has 0 bridgehead atoms.